The molecule has 0 saturated carbocycles. The van der Waals surface area contributed by atoms with Crippen LogP contribution >= 0.6 is 23.2 Å². The highest BCUT2D eigenvalue weighted by Crippen LogP contribution is 2.37. The zero-order valence-electron chi connectivity index (χ0n) is 15.7. The molecular weight excluding hydrogens is 469 g/mol. The topological polar surface area (TPSA) is 99.3 Å². The van der Waals surface area contributed by atoms with Gasteiger partial charge in [-0.2, -0.15) is 0 Å². The summed E-state index contributed by atoms with van der Waals surface area (Å²) >= 11 is 12.4. The number of aromatic nitrogens is 1. The van der Waals surface area contributed by atoms with E-state index < -0.39 is 25.3 Å². The van der Waals surface area contributed by atoms with Crippen molar-refractivity contribution < 1.29 is 16.8 Å². The van der Waals surface area contributed by atoms with E-state index in [0.29, 0.717) is 23.1 Å². The van der Waals surface area contributed by atoms with Crippen LogP contribution in [0.3, 0.4) is 0 Å². The standard InChI is InChI=1S/C19H19Cl2N3O4S2/c20-15-6-7-17(19-18(15)16(21)12-22-19)24-10-8-14(9-11-24)30(27,28)23-29(25,26)13-4-2-1-3-5-13/h1-7,12,14,22-23H,8-11H2. The van der Waals surface area contributed by atoms with Gasteiger partial charge in [-0.25, -0.2) is 16.8 Å². The van der Waals surface area contributed by atoms with Crippen LogP contribution in [-0.2, 0) is 20.0 Å². The molecule has 0 spiro atoms. The summed E-state index contributed by atoms with van der Waals surface area (Å²) in [6.07, 6.45) is 2.24. The molecule has 160 valence electrons. The van der Waals surface area contributed by atoms with E-state index in [2.05, 4.69) is 4.98 Å². The van der Waals surface area contributed by atoms with Gasteiger partial charge in [-0.15, -0.1) is 4.13 Å². The molecule has 11 heteroatoms. The van der Waals surface area contributed by atoms with E-state index in [1.807, 2.05) is 15.1 Å². The van der Waals surface area contributed by atoms with Gasteiger partial charge < -0.3 is 9.88 Å². The minimum absolute atomic E-state index is 0.0850. The quantitative estimate of drug-likeness (QED) is 0.570. The average Bonchev–Trinajstić information content (AvgIpc) is 3.11. The summed E-state index contributed by atoms with van der Waals surface area (Å²) in [6.45, 7) is 0.897. The summed E-state index contributed by atoms with van der Waals surface area (Å²) in [5.41, 5.74) is 1.67. The minimum atomic E-state index is -4.15. The van der Waals surface area contributed by atoms with E-state index in [9.17, 15) is 16.8 Å². The predicted molar refractivity (Wildman–Crippen MR) is 119 cm³/mol. The van der Waals surface area contributed by atoms with Crippen molar-refractivity contribution in [2.45, 2.75) is 23.0 Å². The Hall–Kier alpha value is -1.78. The lowest BCUT2D eigenvalue weighted by Gasteiger charge is -2.33. The molecule has 2 N–H and O–H groups in total. The first kappa shape index (κ1) is 21.5. The van der Waals surface area contributed by atoms with Crippen molar-refractivity contribution in [3.63, 3.8) is 0 Å². The molecule has 2 aromatic carbocycles. The number of nitrogens with zero attached hydrogens (tertiary/aromatic N) is 1. The average molecular weight is 488 g/mol. The first-order valence-corrected chi connectivity index (χ1v) is 13.0. The predicted octanol–water partition coefficient (Wildman–Crippen LogP) is 3.75. The first-order valence-electron chi connectivity index (χ1n) is 9.21. The molecule has 1 aliphatic heterocycles. The summed E-state index contributed by atoms with van der Waals surface area (Å²) in [7, 11) is -8.20. The Kier molecular flexibility index (Phi) is 5.75. The second kappa shape index (κ2) is 8.05. The number of halogens is 2. The largest absolute Gasteiger partial charge is 0.370 e. The fourth-order valence-corrected chi connectivity index (χ4v) is 7.75. The number of H-pyrrole nitrogens is 1. The summed E-state index contributed by atoms with van der Waals surface area (Å²) in [6, 6.07) is 11.1. The summed E-state index contributed by atoms with van der Waals surface area (Å²) < 4.78 is 52.2. The van der Waals surface area contributed by atoms with Crippen LogP contribution in [-0.4, -0.2) is 40.2 Å². The number of nitrogens with one attached hydrogen (secondary N) is 2. The van der Waals surface area contributed by atoms with E-state index >= 15 is 0 Å². The summed E-state index contributed by atoms with van der Waals surface area (Å²) in [4.78, 5) is 5.08. The molecular formula is C19H19Cl2N3O4S2. The van der Waals surface area contributed by atoms with Crippen LogP contribution < -0.4 is 9.03 Å². The zero-order chi connectivity index (χ0) is 21.5. The number of hydrogen-bond acceptors (Lipinski definition) is 5. The third-order valence-electron chi connectivity index (χ3n) is 5.22. The molecule has 0 aliphatic carbocycles. The highest BCUT2D eigenvalue weighted by Gasteiger charge is 2.34. The molecule has 30 heavy (non-hydrogen) atoms. The lowest BCUT2D eigenvalue weighted by Crippen LogP contribution is -2.45. The van der Waals surface area contributed by atoms with Crippen molar-refractivity contribution in [3.05, 3.63) is 58.7 Å². The second-order valence-electron chi connectivity index (χ2n) is 7.08. The van der Waals surface area contributed by atoms with Crippen LogP contribution in [0.25, 0.3) is 10.9 Å². The number of rotatable bonds is 5. The monoisotopic (exact) mass is 487 g/mol. The molecule has 0 bridgehead atoms. The molecule has 4 rings (SSSR count). The van der Waals surface area contributed by atoms with Crippen LogP contribution in [0.1, 0.15) is 12.8 Å². The fraction of sp³-hybridized carbons (Fsp3) is 0.263. The maximum absolute atomic E-state index is 12.7. The van der Waals surface area contributed by atoms with E-state index in [4.69, 9.17) is 23.2 Å². The molecule has 1 aromatic heterocycles. The van der Waals surface area contributed by atoms with Crippen LogP contribution in [0.2, 0.25) is 10.0 Å². The zero-order valence-corrected chi connectivity index (χ0v) is 18.8. The lowest BCUT2D eigenvalue weighted by molar-refractivity contribution is 0.525. The Bertz CT molecular complexity index is 1280. The summed E-state index contributed by atoms with van der Waals surface area (Å²) in [5, 5.41) is 0.973. The minimum Gasteiger partial charge on any atom is -0.370 e. The Morgan fingerprint density at radius 1 is 0.933 bits per heavy atom. The van der Waals surface area contributed by atoms with Crippen molar-refractivity contribution in [1.29, 1.82) is 0 Å². The van der Waals surface area contributed by atoms with Gasteiger partial charge in [0.1, 0.15) is 0 Å². The molecule has 1 fully saturated rings. The maximum atomic E-state index is 12.7. The van der Waals surface area contributed by atoms with Gasteiger partial charge in [0.05, 0.1) is 31.4 Å². The molecule has 0 amide bonds. The Morgan fingerprint density at radius 2 is 1.60 bits per heavy atom. The van der Waals surface area contributed by atoms with E-state index in [0.717, 1.165) is 16.6 Å². The highest BCUT2D eigenvalue weighted by atomic mass is 35.5. The number of benzene rings is 2. The van der Waals surface area contributed by atoms with Gasteiger partial charge in [0.25, 0.3) is 10.0 Å². The maximum Gasteiger partial charge on any atom is 0.253 e. The third kappa shape index (κ3) is 4.04. The van der Waals surface area contributed by atoms with Crippen molar-refractivity contribution in [1.82, 2.24) is 9.11 Å². The molecule has 7 nitrogen and oxygen atoms in total. The first-order chi connectivity index (χ1) is 14.2. The van der Waals surface area contributed by atoms with E-state index in [-0.39, 0.29) is 17.7 Å². The van der Waals surface area contributed by atoms with Gasteiger partial charge in [0.2, 0.25) is 10.0 Å². The van der Waals surface area contributed by atoms with Crippen molar-refractivity contribution >= 4 is 59.8 Å². The van der Waals surface area contributed by atoms with Crippen LogP contribution in [0.5, 0.6) is 0 Å². The Morgan fingerprint density at radius 3 is 2.27 bits per heavy atom. The number of hydrogen-bond donors (Lipinski definition) is 2. The van der Waals surface area contributed by atoms with Gasteiger partial charge in [-0.3, -0.25) is 0 Å². The van der Waals surface area contributed by atoms with Crippen molar-refractivity contribution in [2.75, 3.05) is 18.0 Å². The van der Waals surface area contributed by atoms with Gasteiger partial charge in [-0.05, 0) is 37.1 Å². The van der Waals surface area contributed by atoms with E-state index in [1.165, 1.54) is 12.1 Å². The van der Waals surface area contributed by atoms with Gasteiger partial charge in [0, 0.05) is 24.7 Å². The third-order valence-corrected chi connectivity index (χ3v) is 9.88. The van der Waals surface area contributed by atoms with Gasteiger partial charge in [-0.1, -0.05) is 41.4 Å². The Labute approximate surface area is 185 Å². The second-order valence-corrected chi connectivity index (χ2v) is 11.8. The molecule has 0 radical (unpaired) electrons. The molecule has 3 aromatic rings. The molecule has 0 atom stereocenters. The van der Waals surface area contributed by atoms with Crippen LogP contribution in [0, 0.1) is 0 Å². The molecule has 0 unspecified atom stereocenters. The molecule has 1 saturated heterocycles. The van der Waals surface area contributed by atoms with E-state index in [1.54, 1.807) is 30.5 Å². The Balaban J connectivity index is 1.50. The molecule has 1 aliphatic rings. The fourth-order valence-electron chi connectivity index (χ4n) is 3.69. The normalized spacial score (nSPS) is 16.3. The number of fused-ring (bicyclic) bond motifs is 1. The highest BCUT2D eigenvalue weighted by molar-refractivity contribution is 8.05. The SMILES string of the molecule is O=S(=O)(NS(=O)(=O)C1CCN(c2ccc(Cl)c3c(Cl)c[nH]c23)CC1)c1ccccc1. The van der Waals surface area contributed by atoms with Crippen LogP contribution in [0.15, 0.2) is 53.6 Å². The summed E-state index contributed by atoms with van der Waals surface area (Å²) in [5.74, 6) is 0. The number of aromatic amines is 1. The lowest BCUT2D eigenvalue weighted by atomic mass is 10.1. The van der Waals surface area contributed by atoms with Crippen molar-refractivity contribution in [3.8, 4) is 0 Å². The van der Waals surface area contributed by atoms with Gasteiger partial charge >= 0.3 is 0 Å². The number of piperidine rings is 1. The number of anilines is 1. The van der Waals surface area contributed by atoms with Crippen LogP contribution in [0.4, 0.5) is 5.69 Å². The van der Waals surface area contributed by atoms with Gasteiger partial charge in [0.15, 0.2) is 0 Å². The molecule has 2 heterocycles. The smallest absolute Gasteiger partial charge is 0.253 e. The number of sulfonamides is 2. The van der Waals surface area contributed by atoms with Crippen molar-refractivity contribution in [2.24, 2.45) is 0 Å².